The third-order valence-corrected chi connectivity index (χ3v) is 6.18. The zero-order valence-corrected chi connectivity index (χ0v) is 14.8. The van der Waals surface area contributed by atoms with Crippen molar-refractivity contribution in [2.75, 3.05) is 31.1 Å². The molecule has 128 valence electrons. The molecule has 1 aliphatic heterocycles. The minimum absolute atomic E-state index is 0.201. The van der Waals surface area contributed by atoms with E-state index in [1.54, 1.807) is 37.3 Å². The Labute approximate surface area is 146 Å². The molecule has 2 aromatic rings. The third kappa shape index (κ3) is 3.41. The van der Waals surface area contributed by atoms with Crippen molar-refractivity contribution in [2.45, 2.75) is 11.8 Å². The maximum Gasteiger partial charge on any atom is 0.243 e. The van der Waals surface area contributed by atoms with Crippen LogP contribution in [0.2, 0.25) is 5.02 Å². The maximum atomic E-state index is 13.9. The van der Waals surface area contributed by atoms with Crippen molar-refractivity contribution in [3.8, 4) is 0 Å². The smallest absolute Gasteiger partial charge is 0.243 e. The van der Waals surface area contributed by atoms with Gasteiger partial charge in [-0.25, -0.2) is 12.8 Å². The van der Waals surface area contributed by atoms with E-state index in [4.69, 9.17) is 11.6 Å². The lowest BCUT2D eigenvalue weighted by Gasteiger charge is -2.35. The highest BCUT2D eigenvalue weighted by Gasteiger charge is 2.29. The second-order valence-electron chi connectivity index (χ2n) is 5.81. The minimum atomic E-state index is -3.59. The number of halogens is 2. The molecular weight excluding hydrogens is 351 g/mol. The predicted octanol–water partition coefficient (Wildman–Crippen LogP) is 3.30. The van der Waals surface area contributed by atoms with Gasteiger partial charge in [0.1, 0.15) is 5.82 Å². The summed E-state index contributed by atoms with van der Waals surface area (Å²) in [4.78, 5) is 2.07. The molecule has 24 heavy (non-hydrogen) atoms. The van der Waals surface area contributed by atoms with E-state index in [0.29, 0.717) is 36.9 Å². The van der Waals surface area contributed by atoms with Crippen molar-refractivity contribution < 1.29 is 12.8 Å². The Hall–Kier alpha value is -1.63. The topological polar surface area (TPSA) is 40.6 Å². The van der Waals surface area contributed by atoms with E-state index in [1.807, 2.05) is 4.90 Å². The average molecular weight is 369 g/mol. The number of sulfonamides is 1. The highest BCUT2D eigenvalue weighted by Crippen LogP contribution is 2.25. The SMILES string of the molecule is Cc1cc(Cl)cc(S(=O)(=O)N2CCN(c3ccccc3F)CC2)c1. The standard InChI is InChI=1S/C17H18ClFN2O2S/c1-13-10-14(18)12-15(11-13)24(22,23)21-8-6-20(7-9-21)17-5-3-2-4-16(17)19/h2-5,10-12H,6-9H2,1H3. The number of piperazine rings is 1. The molecule has 7 heteroatoms. The second-order valence-corrected chi connectivity index (χ2v) is 8.18. The fourth-order valence-electron chi connectivity index (χ4n) is 2.88. The number of benzene rings is 2. The van der Waals surface area contributed by atoms with E-state index in [2.05, 4.69) is 0 Å². The fraction of sp³-hybridized carbons (Fsp3) is 0.294. The van der Waals surface area contributed by atoms with Gasteiger partial charge in [-0.1, -0.05) is 23.7 Å². The van der Waals surface area contributed by atoms with Crippen LogP contribution in [0.1, 0.15) is 5.56 Å². The zero-order valence-electron chi connectivity index (χ0n) is 13.2. The summed E-state index contributed by atoms with van der Waals surface area (Å²) in [5.74, 6) is -0.292. The summed E-state index contributed by atoms with van der Waals surface area (Å²) in [5.41, 5.74) is 1.30. The first-order valence-electron chi connectivity index (χ1n) is 7.65. The summed E-state index contributed by atoms with van der Waals surface area (Å²) in [7, 11) is -3.59. The molecular formula is C17H18ClFN2O2S. The molecule has 0 N–H and O–H groups in total. The van der Waals surface area contributed by atoms with Crippen LogP contribution in [0.4, 0.5) is 10.1 Å². The summed E-state index contributed by atoms with van der Waals surface area (Å²) in [5, 5.41) is 0.401. The molecule has 0 amide bonds. The van der Waals surface area contributed by atoms with Gasteiger partial charge in [0.15, 0.2) is 0 Å². The highest BCUT2D eigenvalue weighted by atomic mass is 35.5. The van der Waals surface area contributed by atoms with Crippen LogP contribution in [0.3, 0.4) is 0 Å². The van der Waals surface area contributed by atoms with Crippen molar-refractivity contribution in [1.29, 1.82) is 0 Å². The Balaban J connectivity index is 1.77. The van der Waals surface area contributed by atoms with Gasteiger partial charge in [0, 0.05) is 31.2 Å². The minimum Gasteiger partial charge on any atom is -0.367 e. The van der Waals surface area contributed by atoms with E-state index < -0.39 is 10.0 Å². The molecule has 1 saturated heterocycles. The molecule has 4 nitrogen and oxygen atoms in total. The summed E-state index contributed by atoms with van der Waals surface area (Å²) >= 11 is 5.98. The summed E-state index contributed by atoms with van der Waals surface area (Å²) < 4.78 is 40.8. The quantitative estimate of drug-likeness (QED) is 0.834. The molecule has 3 rings (SSSR count). The molecule has 0 atom stereocenters. The van der Waals surface area contributed by atoms with E-state index >= 15 is 0 Å². The van der Waals surface area contributed by atoms with Crippen LogP contribution in [0, 0.1) is 12.7 Å². The Kier molecular flexibility index (Phi) is 4.80. The number of rotatable bonds is 3. The Morgan fingerprint density at radius 1 is 1.04 bits per heavy atom. The molecule has 0 saturated carbocycles. The lowest BCUT2D eigenvalue weighted by atomic mass is 10.2. The first kappa shape index (κ1) is 17.2. The number of anilines is 1. The van der Waals surface area contributed by atoms with Gasteiger partial charge in [-0.05, 0) is 42.8 Å². The van der Waals surface area contributed by atoms with Crippen LogP contribution in [0.25, 0.3) is 0 Å². The van der Waals surface area contributed by atoms with Crippen molar-refractivity contribution in [3.63, 3.8) is 0 Å². The summed E-state index contributed by atoms with van der Waals surface area (Å²) in [6.45, 7) is 3.31. The number of hydrogen-bond acceptors (Lipinski definition) is 3. The Bertz CT molecular complexity index is 829. The number of hydrogen-bond donors (Lipinski definition) is 0. The molecule has 0 aliphatic carbocycles. The first-order chi connectivity index (χ1) is 11.4. The van der Waals surface area contributed by atoms with Crippen LogP contribution < -0.4 is 4.90 Å². The van der Waals surface area contributed by atoms with Gasteiger partial charge in [0.2, 0.25) is 10.0 Å². The monoisotopic (exact) mass is 368 g/mol. The molecule has 0 spiro atoms. The second kappa shape index (κ2) is 6.70. The summed E-state index contributed by atoms with van der Waals surface area (Å²) in [6, 6.07) is 11.3. The maximum absolute atomic E-state index is 13.9. The molecule has 0 radical (unpaired) electrons. The van der Waals surface area contributed by atoms with Crippen molar-refractivity contribution in [3.05, 3.63) is 58.9 Å². The van der Waals surface area contributed by atoms with E-state index in [9.17, 15) is 12.8 Å². The van der Waals surface area contributed by atoms with Gasteiger partial charge in [0.25, 0.3) is 0 Å². The van der Waals surface area contributed by atoms with E-state index in [0.717, 1.165) is 5.56 Å². The first-order valence-corrected chi connectivity index (χ1v) is 9.46. The van der Waals surface area contributed by atoms with Crippen LogP contribution in [-0.2, 0) is 10.0 Å². The molecule has 1 fully saturated rings. The van der Waals surface area contributed by atoms with Gasteiger partial charge in [-0.3, -0.25) is 0 Å². The Morgan fingerprint density at radius 3 is 2.33 bits per heavy atom. The van der Waals surface area contributed by atoms with Gasteiger partial charge < -0.3 is 4.90 Å². The number of nitrogens with zero attached hydrogens (tertiary/aromatic N) is 2. The summed E-state index contributed by atoms with van der Waals surface area (Å²) in [6.07, 6.45) is 0. The van der Waals surface area contributed by atoms with Crippen molar-refractivity contribution in [1.82, 2.24) is 4.31 Å². The van der Waals surface area contributed by atoms with Gasteiger partial charge in [-0.2, -0.15) is 4.31 Å². The normalized spacial score (nSPS) is 16.4. The third-order valence-electron chi connectivity index (χ3n) is 4.09. The number of para-hydroxylation sites is 1. The van der Waals surface area contributed by atoms with Crippen molar-refractivity contribution in [2.24, 2.45) is 0 Å². The molecule has 1 aliphatic rings. The van der Waals surface area contributed by atoms with Crippen LogP contribution in [0.5, 0.6) is 0 Å². The van der Waals surface area contributed by atoms with Gasteiger partial charge >= 0.3 is 0 Å². The Morgan fingerprint density at radius 2 is 1.71 bits per heavy atom. The van der Waals surface area contributed by atoms with Crippen LogP contribution in [0.15, 0.2) is 47.4 Å². The molecule has 0 aromatic heterocycles. The largest absolute Gasteiger partial charge is 0.367 e. The van der Waals surface area contributed by atoms with Crippen molar-refractivity contribution >= 4 is 27.3 Å². The van der Waals surface area contributed by atoms with Gasteiger partial charge in [0.05, 0.1) is 10.6 Å². The molecule has 0 unspecified atom stereocenters. The lowest BCUT2D eigenvalue weighted by molar-refractivity contribution is 0.383. The zero-order chi connectivity index (χ0) is 17.3. The lowest BCUT2D eigenvalue weighted by Crippen LogP contribution is -2.48. The molecule has 2 aromatic carbocycles. The predicted molar refractivity (Wildman–Crippen MR) is 93.6 cm³/mol. The van der Waals surface area contributed by atoms with E-state index in [1.165, 1.54) is 16.4 Å². The molecule has 1 heterocycles. The van der Waals surface area contributed by atoms with Gasteiger partial charge in [-0.15, -0.1) is 0 Å². The van der Waals surface area contributed by atoms with E-state index in [-0.39, 0.29) is 10.7 Å². The number of aryl methyl sites for hydroxylation is 1. The highest BCUT2D eigenvalue weighted by molar-refractivity contribution is 7.89. The van der Waals surface area contributed by atoms with Crippen LogP contribution >= 0.6 is 11.6 Å². The fourth-order valence-corrected chi connectivity index (χ4v) is 4.79. The van der Waals surface area contributed by atoms with Crippen LogP contribution in [-0.4, -0.2) is 38.9 Å². The average Bonchev–Trinajstić information content (AvgIpc) is 2.54. The molecule has 0 bridgehead atoms.